The first-order valence-corrected chi connectivity index (χ1v) is 10.9. The van der Waals surface area contributed by atoms with E-state index in [1.165, 1.54) is 49.8 Å². The molecular weight excluding hydrogens is 365 g/mol. The van der Waals surface area contributed by atoms with E-state index in [4.69, 9.17) is 10.00 Å². The van der Waals surface area contributed by atoms with Gasteiger partial charge in [0.2, 0.25) is 0 Å². The number of unbranched alkanes of at least 4 members (excludes halogenated alkanes) is 4. The first-order chi connectivity index (χ1) is 14.1. The number of hydrogen-bond acceptors (Lipinski definition) is 3. The third-order valence-electron chi connectivity index (χ3n) is 5.55. The lowest BCUT2D eigenvalue weighted by atomic mass is 9.82. The molecule has 2 rings (SSSR count). The summed E-state index contributed by atoms with van der Waals surface area (Å²) in [4.78, 5) is 12.4. The molecule has 1 saturated carbocycles. The Morgan fingerprint density at radius 2 is 1.83 bits per heavy atom. The Morgan fingerprint density at radius 3 is 2.48 bits per heavy atom. The Bertz CT molecular complexity index is 722. The largest absolute Gasteiger partial charge is 0.426 e. The number of rotatable bonds is 10. The van der Waals surface area contributed by atoms with E-state index in [0.717, 1.165) is 32.1 Å². The van der Waals surface area contributed by atoms with Crippen molar-refractivity contribution >= 4 is 5.97 Å². The average molecular weight is 398 g/mol. The fraction of sp³-hybridized carbons (Fsp3) is 0.520. The van der Waals surface area contributed by atoms with E-state index in [0.29, 0.717) is 11.7 Å². The fourth-order valence-electron chi connectivity index (χ4n) is 3.74. The van der Waals surface area contributed by atoms with Gasteiger partial charge in [-0.25, -0.2) is 0 Å². The molecule has 0 heterocycles. The predicted octanol–water partition coefficient (Wildman–Crippen LogP) is 6.84. The molecule has 1 aromatic carbocycles. The first-order valence-electron chi connectivity index (χ1n) is 10.9. The second kappa shape index (κ2) is 12.9. The molecule has 1 aromatic rings. The van der Waals surface area contributed by atoms with Gasteiger partial charge in [-0.3, -0.25) is 4.79 Å². The Kier molecular flexibility index (Phi) is 10.2. The van der Waals surface area contributed by atoms with Crippen LogP contribution < -0.4 is 4.74 Å². The zero-order valence-electron chi connectivity index (χ0n) is 17.4. The molecule has 1 aliphatic carbocycles. The lowest BCUT2D eigenvalue weighted by Crippen LogP contribution is -2.25. The van der Waals surface area contributed by atoms with Crippen LogP contribution in [-0.2, 0) is 11.2 Å². The van der Waals surface area contributed by atoms with Gasteiger partial charge < -0.3 is 4.74 Å². The normalized spacial score (nSPS) is 19.8. The second-order valence-electron chi connectivity index (χ2n) is 7.85. The number of nitriles is 1. The fourth-order valence-corrected chi connectivity index (χ4v) is 3.74. The summed E-state index contributed by atoms with van der Waals surface area (Å²) < 4.78 is 18.4. The summed E-state index contributed by atoms with van der Waals surface area (Å²) >= 11 is 0. The van der Waals surface area contributed by atoms with E-state index in [1.807, 2.05) is 18.2 Å². The number of nitrogens with zero attached hydrogens (tertiary/aromatic N) is 1. The van der Waals surface area contributed by atoms with Crippen molar-refractivity contribution in [2.75, 3.05) is 0 Å². The monoisotopic (exact) mass is 397 g/mol. The Hall–Kier alpha value is -2.41. The average Bonchev–Trinajstić information content (AvgIpc) is 2.75. The van der Waals surface area contributed by atoms with E-state index < -0.39 is 5.83 Å². The third-order valence-corrected chi connectivity index (χ3v) is 5.55. The van der Waals surface area contributed by atoms with Crippen LogP contribution in [-0.4, -0.2) is 5.97 Å². The van der Waals surface area contributed by atoms with E-state index in [-0.39, 0.29) is 11.9 Å². The Morgan fingerprint density at radius 1 is 1.14 bits per heavy atom. The van der Waals surface area contributed by atoms with E-state index in [9.17, 15) is 9.18 Å². The van der Waals surface area contributed by atoms with Crippen molar-refractivity contribution < 1.29 is 13.9 Å². The molecule has 0 aliphatic heterocycles. The molecule has 0 bridgehead atoms. The van der Waals surface area contributed by atoms with Crippen LogP contribution in [0.3, 0.4) is 0 Å². The van der Waals surface area contributed by atoms with Crippen LogP contribution in [0, 0.1) is 23.2 Å². The smallest absolute Gasteiger partial charge is 0.314 e. The molecule has 156 valence electrons. The van der Waals surface area contributed by atoms with Gasteiger partial charge in [0, 0.05) is 0 Å². The Balaban J connectivity index is 1.72. The molecule has 0 atom stereocenters. The number of carbonyl (C=O) groups is 1. The molecule has 3 nitrogen and oxygen atoms in total. The quantitative estimate of drug-likeness (QED) is 0.143. The summed E-state index contributed by atoms with van der Waals surface area (Å²) in [6.45, 7) is 2.22. The molecule has 0 radical (unpaired) electrons. The maximum Gasteiger partial charge on any atom is 0.314 e. The van der Waals surface area contributed by atoms with Gasteiger partial charge in [0.25, 0.3) is 0 Å². The molecule has 4 heteroatoms. The van der Waals surface area contributed by atoms with Gasteiger partial charge in [-0.15, -0.1) is 0 Å². The van der Waals surface area contributed by atoms with E-state index in [2.05, 4.69) is 19.1 Å². The van der Waals surface area contributed by atoms with Crippen LogP contribution in [0.15, 0.2) is 48.3 Å². The van der Waals surface area contributed by atoms with Crippen LogP contribution in [0.1, 0.15) is 70.3 Å². The molecule has 0 unspecified atom stereocenters. The van der Waals surface area contributed by atoms with Gasteiger partial charge in [-0.2, -0.15) is 9.65 Å². The van der Waals surface area contributed by atoms with Crippen molar-refractivity contribution in [3.8, 4) is 11.8 Å². The molecule has 0 saturated heterocycles. The zero-order chi connectivity index (χ0) is 20.9. The molecule has 0 amide bonds. The summed E-state index contributed by atoms with van der Waals surface area (Å²) in [6, 6.07) is 9.34. The lowest BCUT2D eigenvalue weighted by molar-refractivity contribution is -0.140. The van der Waals surface area contributed by atoms with Crippen LogP contribution in [0.5, 0.6) is 5.75 Å². The van der Waals surface area contributed by atoms with Gasteiger partial charge in [0.05, 0.1) is 5.92 Å². The number of halogens is 1. The zero-order valence-corrected chi connectivity index (χ0v) is 17.4. The van der Waals surface area contributed by atoms with E-state index in [1.54, 1.807) is 6.08 Å². The maximum absolute atomic E-state index is 12.8. The molecule has 1 aliphatic rings. The molecule has 29 heavy (non-hydrogen) atoms. The minimum atomic E-state index is -0.791. The Labute approximate surface area is 174 Å². The number of aryl methyl sites for hydroxylation is 1. The summed E-state index contributed by atoms with van der Waals surface area (Å²) in [6.07, 6.45) is 15.4. The van der Waals surface area contributed by atoms with Crippen molar-refractivity contribution in [2.24, 2.45) is 11.8 Å². The van der Waals surface area contributed by atoms with Crippen molar-refractivity contribution in [1.29, 1.82) is 5.26 Å². The first kappa shape index (κ1) is 22.9. The summed E-state index contributed by atoms with van der Waals surface area (Å²) in [5.74, 6) is -0.0947. The highest BCUT2D eigenvalue weighted by Gasteiger charge is 2.26. The number of esters is 1. The lowest BCUT2D eigenvalue weighted by Gasteiger charge is -2.25. The van der Waals surface area contributed by atoms with Gasteiger partial charge in [-0.05, 0) is 68.2 Å². The van der Waals surface area contributed by atoms with Crippen LogP contribution >= 0.6 is 0 Å². The number of ether oxygens (including phenoxy) is 1. The minimum Gasteiger partial charge on any atom is -0.426 e. The van der Waals surface area contributed by atoms with Crippen LogP contribution in [0.4, 0.5) is 4.39 Å². The number of carbonyl (C=O) groups excluding carboxylic acids is 1. The highest BCUT2D eigenvalue weighted by atomic mass is 19.1. The van der Waals surface area contributed by atoms with Gasteiger partial charge in [0.15, 0.2) is 5.83 Å². The summed E-state index contributed by atoms with van der Waals surface area (Å²) in [5.41, 5.74) is 1.29. The molecule has 0 aromatic heterocycles. The predicted molar refractivity (Wildman–Crippen MR) is 114 cm³/mol. The topological polar surface area (TPSA) is 50.1 Å². The molecule has 1 fully saturated rings. The van der Waals surface area contributed by atoms with Gasteiger partial charge >= 0.3 is 5.97 Å². The van der Waals surface area contributed by atoms with Crippen LogP contribution in [0.25, 0.3) is 0 Å². The minimum absolute atomic E-state index is 0.0794. The standard InChI is InChI=1S/C25H32FNO2/c1-2-3-4-5-6-8-20-13-17-24(18-14-20)29-25(28)22-15-11-21(12-16-22)9-7-10-23(26)19-27/h7,9-10,13-14,17-18,21-22H,2-6,8,11-12,15-16H2,1H3. The van der Waals surface area contributed by atoms with Crippen LogP contribution in [0.2, 0.25) is 0 Å². The van der Waals surface area contributed by atoms with Gasteiger partial charge in [-0.1, -0.05) is 56.9 Å². The number of benzene rings is 1. The van der Waals surface area contributed by atoms with E-state index >= 15 is 0 Å². The SMILES string of the molecule is CCCCCCCc1ccc(OC(=O)C2CCC(C=CC=C(F)C#N)CC2)cc1. The summed E-state index contributed by atoms with van der Waals surface area (Å²) in [5, 5.41) is 8.39. The number of allylic oxidation sites excluding steroid dienone is 4. The number of hydrogen-bond donors (Lipinski definition) is 0. The maximum atomic E-state index is 12.8. The third kappa shape index (κ3) is 8.64. The molecular formula is C25H32FNO2. The molecule has 0 N–H and O–H groups in total. The summed E-state index contributed by atoms with van der Waals surface area (Å²) in [7, 11) is 0. The second-order valence-corrected chi connectivity index (χ2v) is 7.85. The molecule has 0 spiro atoms. The van der Waals surface area contributed by atoms with Crippen molar-refractivity contribution in [1.82, 2.24) is 0 Å². The van der Waals surface area contributed by atoms with Gasteiger partial charge in [0.1, 0.15) is 11.8 Å². The van der Waals surface area contributed by atoms with Crippen molar-refractivity contribution in [3.05, 3.63) is 53.9 Å². The highest BCUT2D eigenvalue weighted by Crippen LogP contribution is 2.31. The van der Waals surface area contributed by atoms with Crippen molar-refractivity contribution in [2.45, 2.75) is 71.1 Å². The highest BCUT2D eigenvalue weighted by molar-refractivity contribution is 5.75. The van der Waals surface area contributed by atoms with Crippen molar-refractivity contribution in [3.63, 3.8) is 0 Å².